The summed E-state index contributed by atoms with van der Waals surface area (Å²) in [5, 5.41) is 5.18. The van der Waals surface area contributed by atoms with E-state index in [-0.39, 0.29) is 0 Å². The van der Waals surface area contributed by atoms with Gasteiger partial charge in [0.25, 0.3) is 0 Å². The smallest absolute Gasteiger partial charge is 0.0663 e. The van der Waals surface area contributed by atoms with Crippen LogP contribution in [-0.4, -0.2) is 9.78 Å². The lowest BCUT2D eigenvalue weighted by Gasteiger charge is -2.08. The van der Waals surface area contributed by atoms with Crippen molar-refractivity contribution >= 4 is 23.2 Å². The summed E-state index contributed by atoms with van der Waals surface area (Å²) < 4.78 is 2.02. The summed E-state index contributed by atoms with van der Waals surface area (Å²) in [7, 11) is 0. The minimum Gasteiger partial charge on any atom is -0.265 e. The van der Waals surface area contributed by atoms with Gasteiger partial charge in [-0.25, -0.2) is 0 Å². The molecule has 0 amide bonds. The van der Waals surface area contributed by atoms with Crippen LogP contribution in [0.15, 0.2) is 30.5 Å². The molecule has 0 aliphatic carbocycles. The zero-order valence-electron chi connectivity index (χ0n) is 10.4. The van der Waals surface area contributed by atoms with Crippen molar-refractivity contribution in [3.05, 3.63) is 52.3 Å². The van der Waals surface area contributed by atoms with Gasteiger partial charge in [0.05, 0.1) is 18.6 Å². The van der Waals surface area contributed by atoms with Crippen LogP contribution < -0.4 is 0 Å². The molecule has 1 aromatic carbocycles. The Balaban J connectivity index is 2.25. The molecular weight excluding hydrogens is 267 g/mol. The van der Waals surface area contributed by atoms with Crippen LogP contribution in [0.4, 0.5) is 0 Å². The third kappa shape index (κ3) is 3.06. The number of halogens is 2. The Hall–Kier alpha value is -0.990. The van der Waals surface area contributed by atoms with E-state index in [9.17, 15) is 0 Å². The summed E-state index contributed by atoms with van der Waals surface area (Å²) in [6.07, 6.45) is 3.95. The Morgan fingerprint density at radius 1 is 1.33 bits per heavy atom. The Bertz CT molecular complexity index is 520. The molecule has 4 heteroatoms. The molecule has 2 rings (SSSR count). The van der Waals surface area contributed by atoms with Gasteiger partial charge in [0.15, 0.2) is 0 Å². The van der Waals surface area contributed by atoms with Gasteiger partial charge in [0.2, 0.25) is 0 Å². The van der Waals surface area contributed by atoms with Crippen molar-refractivity contribution in [2.75, 3.05) is 0 Å². The number of benzene rings is 1. The molecule has 0 spiro atoms. The van der Waals surface area contributed by atoms with Crippen LogP contribution in [0.25, 0.3) is 0 Å². The predicted molar refractivity (Wildman–Crippen MR) is 76.3 cm³/mol. The molecule has 0 aliphatic heterocycles. The van der Waals surface area contributed by atoms with Gasteiger partial charge in [-0.15, -0.1) is 11.6 Å². The van der Waals surface area contributed by atoms with Gasteiger partial charge in [-0.1, -0.05) is 37.1 Å². The highest BCUT2D eigenvalue weighted by Crippen LogP contribution is 2.17. The Morgan fingerprint density at radius 3 is 2.83 bits per heavy atom. The van der Waals surface area contributed by atoms with Gasteiger partial charge in [0.1, 0.15) is 0 Å². The molecule has 1 aromatic heterocycles. The number of aromatic nitrogens is 2. The topological polar surface area (TPSA) is 17.8 Å². The molecule has 0 bridgehead atoms. The van der Waals surface area contributed by atoms with Crippen LogP contribution >= 0.6 is 23.2 Å². The van der Waals surface area contributed by atoms with E-state index >= 15 is 0 Å². The second kappa shape index (κ2) is 6.26. The monoisotopic (exact) mass is 282 g/mol. The van der Waals surface area contributed by atoms with E-state index in [1.165, 1.54) is 5.69 Å². The molecule has 1 heterocycles. The van der Waals surface area contributed by atoms with E-state index in [1.54, 1.807) is 0 Å². The van der Waals surface area contributed by atoms with Crippen molar-refractivity contribution in [1.82, 2.24) is 9.78 Å². The van der Waals surface area contributed by atoms with Crippen molar-refractivity contribution in [1.29, 1.82) is 0 Å². The minimum atomic E-state index is 0.519. The fraction of sp³-hybridized carbons (Fsp3) is 0.357. The highest BCUT2D eigenvalue weighted by molar-refractivity contribution is 6.30. The van der Waals surface area contributed by atoms with Crippen molar-refractivity contribution in [3.8, 4) is 0 Å². The molecule has 0 saturated carbocycles. The van der Waals surface area contributed by atoms with Crippen molar-refractivity contribution in [2.45, 2.75) is 32.2 Å². The summed E-state index contributed by atoms with van der Waals surface area (Å²) in [6.45, 7) is 2.90. The maximum absolute atomic E-state index is 5.99. The zero-order valence-corrected chi connectivity index (χ0v) is 11.9. The molecule has 0 radical (unpaired) electrons. The summed E-state index contributed by atoms with van der Waals surface area (Å²) in [5.74, 6) is 0.519. The molecule has 18 heavy (non-hydrogen) atoms. The second-order valence-electron chi connectivity index (χ2n) is 4.29. The van der Waals surface area contributed by atoms with Gasteiger partial charge in [0, 0.05) is 16.3 Å². The fourth-order valence-corrected chi connectivity index (χ4v) is 2.47. The first-order valence-electron chi connectivity index (χ1n) is 6.08. The van der Waals surface area contributed by atoms with Crippen LogP contribution in [0.5, 0.6) is 0 Å². The number of hydrogen-bond donors (Lipinski definition) is 0. The third-order valence-corrected chi connectivity index (χ3v) is 3.41. The molecule has 96 valence electrons. The Labute approximate surface area is 118 Å². The lowest BCUT2D eigenvalue weighted by molar-refractivity contribution is 0.636. The van der Waals surface area contributed by atoms with E-state index < -0.39 is 0 Å². The van der Waals surface area contributed by atoms with Gasteiger partial charge in [-0.3, -0.25) is 4.68 Å². The molecular formula is C14H16Cl2N2. The van der Waals surface area contributed by atoms with Crippen LogP contribution in [0, 0.1) is 0 Å². The predicted octanol–water partition coefficient (Wildman–Crippen LogP) is 4.28. The van der Waals surface area contributed by atoms with Gasteiger partial charge >= 0.3 is 0 Å². The highest BCUT2D eigenvalue weighted by atomic mass is 35.5. The van der Waals surface area contributed by atoms with Crippen molar-refractivity contribution in [2.24, 2.45) is 0 Å². The van der Waals surface area contributed by atoms with Crippen LogP contribution in [0.1, 0.15) is 30.2 Å². The number of hydrogen-bond acceptors (Lipinski definition) is 1. The number of alkyl halides is 1. The average molecular weight is 283 g/mol. The lowest BCUT2D eigenvalue weighted by atomic mass is 10.1. The average Bonchev–Trinajstić information content (AvgIpc) is 2.72. The first-order chi connectivity index (χ1) is 8.74. The molecule has 0 unspecified atom stereocenters. The Kier molecular flexibility index (Phi) is 4.67. The third-order valence-electron chi connectivity index (χ3n) is 2.89. The highest BCUT2D eigenvalue weighted by Gasteiger charge is 2.09. The van der Waals surface area contributed by atoms with Gasteiger partial charge in [-0.05, 0) is 24.1 Å². The molecule has 0 saturated heterocycles. The SMILES string of the molecule is CCCc1c(CCl)cnn1Cc1cccc(Cl)c1. The van der Waals surface area contributed by atoms with Gasteiger partial charge < -0.3 is 0 Å². The molecule has 0 atom stereocenters. The zero-order chi connectivity index (χ0) is 13.0. The molecule has 2 nitrogen and oxygen atoms in total. The summed E-state index contributed by atoms with van der Waals surface area (Å²) >= 11 is 11.9. The first-order valence-corrected chi connectivity index (χ1v) is 6.99. The van der Waals surface area contributed by atoms with E-state index in [4.69, 9.17) is 23.2 Å². The number of nitrogens with zero attached hydrogens (tertiary/aromatic N) is 2. The molecule has 0 N–H and O–H groups in total. The van der Waals surface area contributed by atoms with Crippen molar-refractivity contribution < 1.29 is 0 Å². The van der Waals surface area contributed by atoms with Gasteiger partial charge in [-0.2, -0.15) is 5.10 Å². The maximum Gasteiger partial charge on any atom is 0.0663 e. The fourth-order valence-electron chi connectivity index (χ4n) is 2.03. The van der Waals surface area contributed by atoms with Crippen LogP contribution in [0.2, 0.25) is 5.02 Å². The second-order valence-corrected chi connectivity index (χ2v) is 4.99. The van der Waals surface area contributed by atoms with E-state index in [1.807, 2.05) is 29.1 Å². The largest absolute Gasteiger partial charge is 0.265 e. The first kappa shape index (κ1) is 13.4. The van der Waals surface area contributed by atoms with Crippen LogP contribution in [0.3, 0.4) is 0 Å². The molecule has 0 fully saturated rings. The van der Waals surface area contributed by atoms with Crippen molar-refractivity contribution in [3.63, 3.8) is 0 Å². The normalized spacial score (nSPS) is 10.8. The maximum atomic E-state index is 5.99. The standard InChI is InChI=1S/C14H16Cl2N2/c1-2-4-14-12(8-15)9-17-18(14)10-11-5-3-6-13(16)7-11/h3,5-7,9H,2,4,8,10H2,1H3. The Morgan fingerprint density at radius 2 is 2.17 bits per heavy atom. The minimum absolute atomic E-state index is 0.519. The van der Waals surface area contributed by atoms with E-state index in [0.29, 0.717) is 5.88 Å². The van der Waals surface area contributed by atoms with E-state index in [0.717, 1.165) is 35.5 Å². The summed E-state index contributed by atoms with van der Waals surface area (Å²) in [6, 6.07) is 7.87. The molecule has 0 aliphatic rings. The van der Waals surface area contributed by atoms with Crippen LogP contribution in [-0.2, 0) is 18.8 Å². The summed E-state index contributed by atoms with van der Waals surface area (Å²) in [5.41, 5.74) is 3.51. The molecule has 2 aromatic rings. The van der Waals surface area contributed by atoms with E-state index in [2.05, 4.69) is 18.1 Å². The number of rotatable bonds is 5. The summed E-state index contributed by atoms with van der Waals surface area (Å²) in [4.78, 5) is 0. The lowest BCUT2D eigenvalue weighted by Crippen LogP contribution is -2.07. The quantitative estimate of drug-likeness (QED) is 0.749.